The highest BCUT2D eigenvalue weighted by atomic mass is 16.3. The lowest BCUT2D eigenvalue weighted by Gasteiger charge is -2.26. The lowest BCUT2D eigenvalue weighted by Crippen LogP contribution is -2.21. The summed E-state index contributed by atoms with van der Waals surface area (Å²) in [6.07, 6.45) is 10.2. The summed E-state index contributed by atoms with van der Waals surface area (Å²) >= 11 is 0. The van der Waals surface area contributed by atoms with E-state index < -0.39 is 0 Å². The quantitative estimate of drug-likeness (QED) is 0.212. The zero-order chi connectivity index (χ0) is 28.8. The SMILES string of the molecule is C1=c2oc3cc(N(c4ccc5oc6ccccc6c5c4)c4ccc5ccc6c7cnccc7oc6c5c4)ccc3c2=CCC1. The minimum absolute atomic E-state index is 0.836. The molecule has 5 nitrogen and oxygen atoms in total. The number of anilines is 3. The van der Waals surface area contributed by atoms with Gasteiger partial charge in [0, 0.05) is 73.1 Å². The maximum absolute atomic E-state index is 6.42. The summed E-state index contributed by atoms with van der Waals surface area (Å²) in [7, 11) is 0. The van der Waals surface area contributed by atoms with E-state index in [1.165, 1.54) is 5.22 Å². The third-order valence-corrected chi connectivity index (χ3v) is 8.96. The van der Waals surface area contributed by atoms with Gasteiger partial charge in [-0.25, -0.2) is 0 Å². The first-order valence-corrected chi connectivity index (χ1v) is 14.9. The molecule has 0 aliphatic heterocycles. The number of aromatic nitrogens is 1. The Kier molecular flexibility index (Phi) is 4.77. The van der Waals surface area contributed by atoms with Gasteiger partial charge in [0.25, 0.3) is 0 Å². The minimum Gasteiger partial charge on any atom is -0.456 e. The Bertz CT molecular complexity index is 2740. The van der Waals surface area contributed by atoms with Crippen molar-refractivity contribution in [1.82, 2.24) is 4.98 Å². The van der Waals surface area contributed by atoms with E-state index in [2.05, 4.69) is 101 Å². The van der Waals surface area contributed by atoms with Gasteiger partial charge in [-0.1, -0.05) is 36.4 Å². The number of hydrogen-bond donors (Lipinski definition) is 0. The zero-order valence-electron chi connectivity index (χ0n) is 23.6. The van der Waals surface area contributed by atoms with E-state index in [0.717, 1.165) is 101 Å². The van der Waals surface area contributed by atoms with Crippen LogP contribution < -0.4 is 15.5 Å². The highest BCUT2D eigenvalue weighted by molar-refractivity contribution is 6.15. The Labute approximate surface area is 250 Å². The van der Waals surface area contributed by atoms with Crippen LogP contribution in [0.2, 0.25) is 0 Å². The molecule has 0 saturated carbocycles. The molecule has 10 rings (SSSR count). The van der Waals surface area contributed by atoms with Crippen LogP contribution in [0.5, 0.6) is 0 Å². The number of pyridine rings is 1. The first-order valence-electron chi connectivity index (χ1n) is 14.9. The number of rotatable bonds is 3. The van der Waals surface area contributed by atoms with E-state index in [1.54, 1.807) is 6.20 Å². The number of para-hydroxylation sites is 1. The second-order valence-electron chi connectivity index (χ2n) is 11.5. The molecule has 0 fully saturated rings. The van der Waals surface area contributed by atoms with Crippen LogP contribution in [0.1, 0.15) is 12.8 Å². The van der Waals surface area contributed by atoms with E-state index in [9.17, 15) is 0 Å². The van der Waals surface area contributed by atoms with Gasteiger partial charge in [-0.15, -0.1) is 0 Å². The summed E-state index contributed by atoms with van der Waals surface area (Å²) in [6, 6.07) is 33.9. The van der Waals surface area contributed by atoms with Crippen molar-refractivity contribution in [3.05, 3.63) is 120 Å². The molecule has 0 radical (unpaired) electrons. The van der Waals surface area contributed by atoms with Crippen molar-refractivity contribution >= 4 is 94.8 Å². The standard InChI is InChI=1S/C39H24N2O3/c1-3-7-34-27(5-1)29-15-12-26(21-38(29)43-34)41(25-13-16-36-32(20-25)28-6-2-4-8-35(28)42-36)24-11-9-23-10-14-30-33-22-40-18-17-37(33)44-39(30)31(23)19-24/h2,4-22H,1,3H2. The summed E-state index contributed by atoms with van der Waals surface area (Å²) in [5, 5.41) is 8.76. The van der Waals surface area contributed by atoms with Crippen LogP contribution in [0, 0.1) is 0 Å². The average molecular weight is 569 g/mol. The average Bonchev–Trinajstić information content (AvgIpc) is 3.76. The summed E-state index contributed by atoms with van der Waals surface area (Å²) in [6.45, 7) is 0. The van der Waals surface area contributed by atoms with Crippen molar-refractivity contribution in [3.63, 3.8) is 0 Å². The number of hydrogen-bond acceptors (Lipinski definition) is 5. The number of nitrogens with zero attached hydrogens (tertiary/aromatic N) is 2. The molecule has 0 unspecified atom stereocenters. The minimum atomic E-state index is 0.836. The largest absolute Gasteiger partial charge is 0.456 e. The Balaban J connectivity index is 1.24. The highest BCUT2D eigenvalue weighted by Crippen LogP contribution is 2.42. The fourth-order valence-electron chi connectivity index (χ4n) is 6.89. The van der Waals surface area contributed by atoms with Gasteiger partial charge in [0.1, 0.15) is 33.3 Å². The molecule has 0 atom stereocenters. The number of fused-ring (bicyclic) bond motifs is 11. The number of furan rings is 3. The van der Waals surface area contributed by atoms with Crippen molar-refractivity contribution in [2.24, 2.45) is 0 Å². The molecular weight excluding hydrogens is 544 g/mol. The lowest BCUT2D eigenvalue weighted by atomic mass is 10.0. The van der Waals surface area contributed by atoms with E-state index >= 15 is 0 Å². The Morgan fingerprint density at radius 1 is 0.523 bits per heavy atom. The molecule has 5 heteroatoms. The van der Waals surface area contributed by atoms with Crippen LogP contribution in [-0.2, 0) is 0 Å². The lowest BCUT2D eigenvalue weighted by molar-refractivity contribution is 0.572. The fourth-order valence-corrected chi connectivity index (χ4v) is 6.89. The predicted octanol–water partition coefficient (Wildman–Crippen LogP) is 9.60. The summed E-state index contributed by atoms with van der Waals surface area (Å²) in [4.78, 5) is 6.63. The topological polar surface area (TPSA) is 55.6 Å². The second kappa shape index (κ2) is 8.85. The van der Waals surface area contributed by atoms with Crippen molar-refractivity contribution in [3.8, 4) is 0 Å². The van der Waals surface area contributed by atoms with Crippen LogP contribution >= 0.6 is 0 Å². The van der Waals surface area contributed by atoms with Crippen molar-refractivity contribution in [2.75, 3.05) is 4.90 Å². The van der Waals surface area contributed by atoms with Crippen LogP contribution in [0.15, 0.2) is 123 Å². The normalized spacial score (nSPS) is 13.2. The molecule has 4 heterocycles. The first kappa shape index (κ1) is 23.7. The molecule has 0 saturated heterocycles. The Morgan fingerprint density at radius 2 is 1.27 bits per heavy atom. The molecule has 4 aromatic heterocycles. The van der Waals surface area contributed by atoms with Gasteiger partial charge in [0.05, 0.1) is 0 Å². The predicted molar refractivity (Wildman–Crippen MR) is 178 cm³/mol. The van der Waals surface area contributed by atoms with Crippen LogP contribution in [0.3, 0.4) is 0 Å². The van der Waals surface area contributed by atoms with Crippen molar-refractivity contribution in [1.29, 1.82) is 0 Å². The maximum atomic E-state index is 6.42. The third kappa shape index (κ3) is 3.38. The molecular formula is C39H24N2O3. The zero-order valence-corrected chi connectivity index (χ0v) is 23.6. The smallest absolute Gasteiger partial charge is 0.143 e. The van der Waals surface area contributed by atoms with Gasteiger partial charge in [-0.3, -0.25) is 4.98 Å². The molecule has 0 bridgehead atoms. The van der Waals surface area contributed by atoms with Crippen LogP contribution in [0.4, 0.5) is 17.1 Å². The maximum Gasteiger partial charge on any atom is 0.143 e. The van der Waals surface area contributed by atoms with E-state index in [4.69, 9.17) is 13.3 Å². The number of benzene rings is 5. The summed E-state index contributed by atoms with van der Waals surface area (Å²) in [5.74, 6) is 0. The summed E-state index contributed by atoms with van der Waals surface area (Å²) in [5.41, 5.74) is 8.36. The molecule has 0 N–H and O–H groups in total. The van der Waals surface area contributed by atoms with Crippen molar-refractivity contribution in [2.45, 2.75) is 12.8 Å². The van der Waals surface area contributed by atoms with Gasteiger partial charge in [0.15, 0.2) is 0 Å². The molecule has 44 heavy (non-hydrogen) atoms. The Hall–Kier alpha value is -5.81. The summed E-state index contributed by atoms with van der Waals surface area (Å²) < 4.78 is 19.0. The third-order valence-electron chi connectivity index (χ3n) is 8.96. The van der Waals surface area contributed by atoms with Gasteiger partial charge in [-0.05, 0) is 85.0 Å². The van der Waals surface area contributed by atoms with E-state index in [1.807, 2.05) is 24.4 Å². The molecule has 1 aliphatic rings. The monoisotopic (exact) mass is 568 g/mol. The highest BCUT2D eigenvalue weighted by Gasteiger charge is 2.19. The second-order valence-corrected chi connectivity index (χ2v) is 11.5. The van der Waals surface area contributed by atoms with Gasteiger partial charge < -0.3 is 18.2 Å². The molecule has 0 amide bonds. The van der Waals surface area contributed by atoms with Crippen LogP contribution in [0.25, 0.3) is 77.8 Å². The van der Waals surface area contributed by atoms with E-state index in [0.29, 0.717) is 0 Å². The molecule has 5 aromatic carbocycles. The van der Waals surface area contributed by atoms with Gasteiger partial charge in [0.2, 0.25) is 0 Å². The van der Waals surface area contributed by atoms with Crippen LogP contribution in [-0.4, -0.2) is 4.98 Å². The van der Waals surface area contributed by atoms with Crippen molar-refractivity contribution < 1.29 is 13.3 Å². The molecule has 9 aromatic rings. The molecule has 208 valence electrons. The molecule has 1 aliphatic carbocycles. The van der Waals surface area contributed by atoms with Gasteiger partial charge >= 0.3 is 0 Å². The Morgan fingerprint density at radius 3 is 2.25 bits per heavy atom. The molecule has 0 spiro atoms. The fraction of sp³-hybridized carbons (Fsp3) is 0.0513. The first-order chi connectivity index (χ1) is 21.8. The van der Waals surface area contributed by atoms with Gasteiger partial charge in [-0.2, -0.15) is 0 Å². The van der Waals surface area contributed by atoms with E-state index in [-0.39, 0.29) is 0 Å².